The van der Waals surface area contributed by atoms with E-state index in [0.29, 0.717) is 19.0 Å². The average Bonchev–Trinajstić information content (AvgIpc) is 3.08. The SMILES string of the molecule is OC1=C(c2ccccc2)C2=C(COC2)C1c1ccccc1. The van der Waals surface area contributed by atoms with Crippen molar-refractivity contribution in [2.45, 2.75) is 5.92 Å². The Morgan fingerprint density at radius 1 is 0.857 bits per heavy atom. The van der Waals surface area contributed by atoms with Crippen LogP contribution >= 0.6 is 0 Å². The van der Waals surface area contributed by atoms with Gasteiger partial charge in [0.1, 0.15) is 5.76 Å². The second kappa shape index (κ2) is 4.90. The Kier molecular flexibility index (Phi) is 2.90. The first kappa shape index (κ1) is 12.4. The molecule has 1 heterocycles. The van der Waals surface area contributed by atoms with Crippen LogP contribution in [0.15, 0.2) is 77.6 Å². The van der Waals surface area contributed by atoms with Crippen molar-refractivity contribution >= 4 is 5.57 Å². The van der Waals surface area contributed by atoms with Gasteiger partial charge in [-0.15, -0.1) is 0 Å². The van der Waals surface area contributed by atoms with Crippen LogP contribution in [0.1, 0.15) is 17.0 Å². The lowest BCUT2D eigenvalue weighted by atomic mass is 9.92. The van der Waals surface area contributed by atoms with Crippen molar-refractivity contribution < 1.29 is 9.84 Å². The number of benzene rings is 2. The van der Waals surface area contributed by atoms with Gasteiger partial charge in [0.15, 0.2) is 0 Å². The van der Waals surface area contributed by atoms with Gasteiger partial charge in [0.05, 0.1) is 19.1 Å². The first-order valence-electron chi connectivity index (χ1n) is 7.20. The van der Waals surface area contributed by atoms with Crippen LogP contribution in [0.3, 0.4) is 0 Å². The van der Waals surface area contributed by atoms with Crippen molar-refractivity contribution in [2.24, 2.45) is 0 Å². The Morgan fingerprint density at radius 2 is 1.52 bits per heavy atom. The summed E-state index contributed by atoms with van der Waals surface area (Å²) in [5.41, 5.74) is 5.51. The molecule has 0 fully saturated rings. The van der Waals surface area contributed by atoms with E-state index in [1.165, 1.54) is 5.57 Å². The molecule has 0 spiro atoms. The van der Waals surface area contributed by atoms with E-state index in [4.69, 9.17) is 4.74 Å². The monoisotopic (exact) mass is 276 g/mol. The standard InChI is InChI=1S/C19H16O2/c20-19-17(13-7-3-1-4-8-13)15-11-21-12-16(15)18(19)14-9-5-2-6-10-14/h1-10,17,20H,11-12H2. The first-order chi connectivity index (χ1) is 10.4. The van der Waals surface area contributed by atoms with E-state index in [-0.39, 0.29) is 5.92 Å². The number of ether oxygens (including phenoxy) is 1. The second-order valence-electron chi connectivity index (χ2n) is 5.47. The maximum Gasteiger partial charge on any atom is 0.112 e. The number of rotatable bonds is 2. The molecule has 0 aromatic heterocycles. The summed E-state index contributed by atoms with van der Waals surface area (Å²) >= 11 is 0. The molecule has 0 amide bonds. The Bertz CT molecular complexity index is 727. The molecule has 104 valence electrons. The smallest absolute Gasteiger partial charge is 0.112 e. The summed E-state index contributed by atoms with van der Waals surface area (Å²) in [6.07, 6.45) is 0. The van der Waals surface area contributed by atoms with Crippen molar-refractivity contribution in [3.05, 3.63) is 88.7 Å². The van der Waals surface area contributed by atoms with Crippen molar-refractivity contribution in [3.8, 4) is 0 Å². The highest BCUT2D eigenvalue weighted by atomic mass is 16.5. The Hall–Kier alpha value is -2.32. The summed E-state index contributed by atoms with van der Waals surface area (Å²) < 4.78 is 5.64. The molecule has 1 N–H and O–H groups in total. The van der Waals surface area contributed by atoms with Crippen LogP contribution in [-0.2, 0) is 4.74 Å². The summed E-state index contributed by atoms with van der Waals surface area (Å²) in [5.74, 6) is 0.402. The third-order valence-corrected chi connectivity index (χ3v) is 4.27. The number of hydrogen-bond acceptors (Lipinski definition) is 2. The highest BCUT2D eigenvalue weighted by Gasteiger charge is 2.38. The summed E-state index contributed by atoms with van der Waals surface area (Å²) in [4.78, 5) is 0. The van der Waals surface area contributed by atoms with Gasteiger partial charge in [-0.1, -0.05) is 60.7 Å². The minimum Gasteiger partial charge on any atom is -0.511 e. The molecule has 4 rings (SSSR count). The summed E-state index contributed by atoms with van der Waals surface area (Å²) in [5, 5.41) is 10.8. The van der Waals surface area contributed by atoms with E-state index in [1.54, 1.807) is 0 Å². The fraction of sp³-hybridized carbons (Fsp3) is 0.158. The van der Waals surface area contributed by atoms with Gasteiger partial charge in [-0.2, -0.15) is 0 Å². The zero-order valence-electron chi connectivity index (χ0n) is 11.6. The lowest BCUT2D eigenvalue weighted by molar-refractivity contribution is 0.200. The molecule has 2 aromatic carbocycles. The van der Waals surface area contributed by atoms with Gasteiger partial charge in [-0.3, -0.25) is 0 Å². The zero-order chi connectivity index (χ0) is 14.2. The highest BCUT2D eigenvalue weighted by Crippen LogP contribution is 2.48. The molecule has 1 aliphatic carbocycles. The molecule has 2 aromatic rings. The van der Waals surface area contributed by atoms with E-state index < -0.39 is 0 Å². The molecule has 2 heteroatoms. The molecule has 0 radical (unpaired) electrons. The van der Waals surface area contributed by atoms with Crippen molar-refractivity contribution in [1.29, 1.82) is 0 Å². The van der Waals surface area contributed by atoms with E-state index in [9.17, 15) is 5.11 Å². The number of aliphatic hydroxyl groups excluding tert-OH is 1. The van der Waals surface area contributed by atoms with E-state index in [2.05, 4.69) is 12.1 Å². The fourth-order valence-electron chi connectivity index (χ4n) is 3.33. The zero-order valence-corrected chi connectivity index (χ0v) is 11.6. The fourth-order valence-corrected chi connectivity index (χ4v) is 3.33. The predicted octanol–water partition coefficient (Wildman–Crippen LogP) is 4.08. The van der Waals surface area contributed by atoms with Crippen LogP contribution in [0.2, 0.25) is 0 Å². The Labute approximate surface area is 124 Å². The maximum absolute atomic E-state index is 10.8. The van der Waals surface area contributed by atoms with Crippen LogP contribution in [0, 0.1) is 0 Å². The minimum atomic E-state index is -0.0566. The van der Waals surface area contributed by atoms with Crippen molar-refractivity contribution in [1.82, 2.24) is 0 Å². The quantitative estimate of drug-likeness (QED) is 0.895. The van der Waals surface area contributed by atoms with Gasteiger partial charge in [0.2, 0.25) is 0 Å². The van der Waals surface area contributed by atoms with E-state index >= 15 is 0 Å². The lowest BCUT2D eigenvalue weighted by Gasteiger charge is -2.15. The molecule has 1 aliphatic heterocycles. The molecular weight excluding hydrogens is 260 g/mol. The highest BCUT2D eigenvalue weighted by molar-refractivity contribution is 5.87. The summed E-state index contributed by atoms with van der Waals surface area (Å²) in [6.45, 7) is 1.20. The minimum absolute atomic E-state index is 0.0566. The van der Waals surface area contributed by atoms with Gasteiger partial charge < -0.3 is 9.84 Å². The van der Waals surface area contributed by atoms with Crippen molar-refractivity contribution in [3.63, 3.8) is 0 Å². The van der Waals surface area contributed by atoms with Gasteiger partial charge in [0, 0.05) is 5.57 Å². The first-order valence-corrected chi connectivity index (χ1v) is 7.20. The maximum atomic E-state index is 10.8. The third-order valence-electron chi connectivity index (χ3n) is 4.27. The summed E-state index contributed by atoms with van der Waals surface area (Å²) in [6, 6.07) is 20.2. The molecule has 0 saturated heterocycles. The van der Waals surface area contributed by atoms with Crippen LogP contribution in [0.4, 0.5) is 0 Å². The molecule has 1 unspecified atom stereocenters. The number of allylic oxidation sites excluding steroid dienone is 1. The Morgan fingerprint density at radius 3 is 2.24 bits per heavy atom. The molecule has 1 atom stereocenters. The van der Waals surface area contributed by atoms with Gasteiger partial charge in [-0.05, 0) is 22.3 Å². The van der Waals surface area contributed by atoms with Gasteiger partial charge in [-0.25, -0.2) is 0 Å². The molecule has 21 heavy (non-hydrogen) atoms. The summed E-state index contributed by atoms with van der Waals surface area (Å²) in [7, 11) is 0. The van der Waals surface area contributed by atoms with Crippen LogP contribution < -0.4 is 0 Å². The normalized spacial score (nSPS) is 21.0. The van der Waals surface area contributed by atoms with Crippen LogP contribution in [0.5, 0.6) is 0 Å². The molecule has 0 bridgehead atoms. The molecule has 0 saturated carbocycles. The topological polar surface area (TPSA) is 29.5 Å². The molecule has 2 aliphatic rings. The van der Waals surface area contributed by atoms with Gasteiger partial charge in [0.25, 0.3) is 0 Å². The molecule has 2 nitrogen and oxygen atoms in total. The Balaban J connectivity index is 1.88. The third kappa shape index (κ3) is 1.91. The van der Waals surface area contributed by atoms with Gasteiger partial charge >= 0.3 is 0 Å². The van der Waals surface area contributed by atoms with E-state index in [0.717, 1.165) is 22.3 Å². The van der Waals surface area contributed by atoms with Crippen LogP contribution in [-0.4, -0.2) is 18.3 Å². The number of aliphatic hydroxyl groups is 1. The average molecular weight is 276 g/mol. The lowest BCUT2D eigenvalue weighted by Crippen LogP contribution is -2.06. The molecular formula is C19H16O2. The number of hydrogen-bond donors (Lipinski definition) is 1. The van der Waals surface area contributed by atoms with Crippen LogP contribution in [0.25, 0.3) is 5.57 Å². The van der Waals surface area contributed by atoms with E-state index in [1.807, 2.05) is 48.5 Å². The van der Waals surface area contributed by atoms with Crippen molar-refractivity contribution in [2.75, 3.05) is 13.2 Å². The second-order valence-corrected chi connectivity index (χ2v) is 5.47. The largest absolute Gasteiger partial charge is 0.511 e. The predicted molar refractivity (Wildman–Crippen MR) is 83.0 cm³/mol.